The Morgan fingerprint density at radius 2 is 2.16 bits per heavy atom. The van der Waals surface area contributed by atoms with Gasteiger partial charge in [-0.1, -0.05) is 17.8 Å². The first-order valence-corrected chi connectivity index (χ1v) is 8.06. The number of hydrogen-bond acceptors (Lipinski definition) is 5. The molecule has 3 heterocycles. The lowest BCUT2D eigenvalue weighted by molar-refractivity contribution is 0.0371. The Morgan fingerprint density at radius 1 is 1.32 bits per heavy atom. The van der Waals surface area contributed by atoms with Gasteiger partial charge in [-0.3, -0.25) is 4.40 Å². The van der Waals surface area contributed by atoms with Crippen LogP contribution in [0.3, 0.4) is 0 Å². The topological polar surface area (TPSA) is 39.4 Å². The van der Waals surface area contributed by atoms with E-state index in [2.05, 4.69) is 22.8 Å². The smallest absolute Gasteiger partial charge is 0.195 e. The maximum atomic E-state index is 5.46. The average molecular weight is 295 g/mol. The number of thiol groups is 1. The Morgan fingerprint density at radius 3 is 2.95 bits per heavy atom. The molecular formula is C13H17N3OS2. The Labute approximate surface area is 122 Å². The van der Waals surface area contributed by atoms with Crippen molar-refractivity contribution in [3.05, 3.63) is 24.4 Å². The second-order valence-corrected chi connectivity index (χ2v) is 6.23. The van der Waals surface area contributed by atoms with Crippen molar-refractivity contribution in [1.82, 2.24) is 14.6 Å². The standard InChI is InChI=1S/C13H17N3OS2/c18-9-13(4-7-17-8-5-13)10-19-12-15-14-11-3-1-2-6-16(11)12/h1-3,6,18H,4-5,7-10H2. The number of pyridine rings is 1. The summed E-state index contributed by atoms with van der Waals surface area (Å²) in [4.78, 5) is 0. The Hall–Kier alpha value is -0.720. The summed E-state index contributed by atoms with van der Waals surface area (Å²) in [7, 11) is 0. The molecule has 0 aromatic carbocycles. The number of ether oxygens (including phenoxy) is 1. The Bertz CT molecular complexity index is 552. The quantitative estimate of drug-likeness (QED) is 0.695. The molecule has 2 aromatic rings. The number of rotatable bonds is 4. The number of thioether (sulfide) groups is 1. The summed E-state index contributed by atoms with van der Waals surface area (Å²) in [6.07, 6.45) is 4.18. The minimum Gasteiger partial charge on any atom is -0.381 e. The molecule has 0 aliphatic carbocycles. The summed E-state index contributed by atoms with van der Waals surface area (Å²) < 4.78 is 7.50. The largest absolute Gasteiger partial charge is 0.381 e. The zero-order chi connectivity index (χ0) is 13.1. The number of fused-ring (bicyclic) bond motifs is 1. The van der Waals surface area contributed by atoms with Crippen LogP contribution in [0.15, 0.2) is 29.6 Å². The van der Waals surface area contributed by atoms with E-state index in [1.165, 1.54) is 0 Å². The van der Waals surface area contributed by atoms with Crippen molar-refractivity contribution in [1.29, 1.82) is 0 Å². The molecule has 1 aliphatic heterocycles. The van der Waals surface area contributed by atoms with Crippen molar-refractivity contribution < 1.29 is 4.74 Å². The molecule has 4 nitrogen and oxygen atoms in total. The summed E-state index contributed by atoms with van der Waals surface area (Å²) in [5.41, 5.74) is 1.17. The van der Waals surface area contributed by atoms with Crippen LogP contribution in [0.25, 0.3) is 5.65 Å². The third-order valence-corrected chi connectivity index (χ3v) is 5.64. The summed E-state index contributed by atoms with van der Waals surface area (Å²) >= 11 is 6.31. The van der Waals surface area contributed by atoms with Gasteiger partial charge in [0.1, 0.15) is 0 Å². The van der Waals surface area contributed by atoms with Gasteiger partial charge in [-0.2, -0.15) is 12.6 Å². The second kappa shape index (κ2) is 5.73. The molecule has 0 atom stereocenters. The molecule has 0 amide bonds. The maximum Gasteiger partial charge on any atom is 0.195 e. The molecular weight excluding hydrogens is 278 g/mol. The molecule has 2 aromatic heterocycles. The minimum atomic E-state index is 0.270. The van der Waals surface area contributed by atoms with Crippen molar-refractivity contribution in [2.24, 2.45) is 5.41 Å². The monoisotopic (exact) mass is 295 g/mol. The summed E-state index contributed by atoms with van der Waals surface area (Å²) in [5.74, 6) is 1.93. The van der Waals surface area contributed by atoms with Crippen LogP contribution in [0.2, 0.25) is 0 Å². The van der Waals surface area contributed by atoms with E-state index in [4.69, 9.17) is 4.74 Å². The van der Waals surface area contributed by atoms with Crippen molar-refractivity contribution in [2.45, 2.75) is 18.0 Å². The van der Waals surface area contributed by atoms with Gasteiger partial charge in [-0.05, 0) is 36.1 Å². The van der Waals surface area contributed by atoms with Gasteiger partial charge in [0.05, 0.1) is 0 Å². The molecule has 6 heteroatoms. The molecule has 1 saturated heterocycles. The first-order valence-electron chi connectivity index (χ1n) is 6.44. The molecule has 19 heavy (non-hydrogen) atoms. The molecule has 0 bridgehead atoms. The highest BCUT2D eigenvalue weighted by atomic mass is 32.2. The van der Waals surface area contributed by atoms with E-state index in [1.807, 2.05) is 28.8 Å². The molecule has 0 unspecified atom stereocenters. The minimum absolute atomic E-state index is 0.270. The van der Waals surface area contributed by atoms with Gasteiger partial charge in [-0.25, -0.2) is 0 Å². The van der Waals surface area contributed by atoms with E-state index in [0.29, 0.717) is 0 Å². The lowest BCUT2D eigenvalue weighted by Crippen LogP contribution is -2.33. The van der Waals surface area contributed by atoms with Crippen molar-refractivity contribution in [3.8, 4) is 0 Å². The molecule has 0 radical (unpaired) electrons. The van der Waals surface area contributed by atoms with Gasteiger partial charge in [0.2, 0.25) is 0 Å². The number of nitrogens with zero attached hydrogens (tertiary/aromatic N) is 3. The highest BCUT2D eigenvalue weighted by Gasteiger charge is 2.31. The molecule has 0 saturated carbocycles. The molecule has 0 spiro atoms. The molecule has 102 valence electrons. The molecule has 1 aliphatic rings. The van der Waals surface area contributed by atoms with Crippen molar-refractivity contribution >= 4 is 30.0 Å². The van der Waals surface area contributed by atoms with Crippen LogP contribution in [0.4, 0.5) is 0 Å². The number of aromatic nitrogens is 3. The first-order chi connectivity index (χ1) is 9.33. The van der Waals surface area contributed by atoms with Crippen LogP contribution in [0.1, 0.15) is 12.8 Å². The third-order valence-electron chi connectivity index (χ3n) is 3.68. The fraction of sp³-hybridized carbons (Fsp3) is 0.538. The molecule has 3 rings (SSSR count). The van der Waals surface area contributed by atoms with Gasteiger partial charge in [0.25, 0.3) is 0 Å². The van der Waals surface area contributed by atoms with E-state index in [0.717, 1.165) is 48.4 Å². The van der Waals surface area contributed by atoms with E-state index in [-0.39, 0.29) is 5.41 Å². The zero-order valence-corrected chi connectivity index (χ0v) is 12.4. The summed E-state index contributed by atoms with van der Waals surface area (Å²) in [5, 5.41) is 9.41. The predicted molar refractivity (Wildman–Crippen MR) is 80.1 cm³/mol. The van der Waals surface area contributed by atoms with Gasteiger partial charge >= 0.3 is 0 Å². The Kier molecular flexibility index (Phi) is 4.00. The van der Waals surface area contributed by atoms with Gasteiger partial charge in [0, 0.05) is 25.2 Å². The van der Waals surface area contributed by atoms with Crippen molar-refractivity contribution in [3.63, 3.8) is 0 Å². The first kappa shape index (κ1) is 13.3. The van der Waals surface area contributed by atoms with E-state index in [1.54, 1.807) is 11.8 Å². The van der Waals surface area contributed by atoms with Gasteiger partial charge in [0.15, 0.2) is 10.8 Å². The SMILES string of the molecule is SCC1(CSc2nnc3ccccn23)CCOCC1. The average Bonchev–Trinajstić information content (AvgIpc) is 2.89. The van der Waals surface area contributed by atoms with E-state index < -0.39 is 0 Å². The van der Waals surface area contributed by atoms with Crippen LogP contribution >= 0.6 is 24.4 Å². The summed E-state index contributed by atoms with van der Waals surface area (Å²) in [6, 6.07) is 5.95. The Balaban J connectivity index is 1.74. The maximum absolute atomic E-state index is 5.46. The number of hydrogen-bond donors (Lipinski definition) is 1. The fourth-order valence-electron chi connectivity index (χ4n) is 2.29. The third kappa shape index (κ3) is 2.75. The lowest BCUT2D eigenvalue weighted by Gasteiger charge is -2.35. The van der Waals surface area contributed by atoms with E-state index in [9.17, 15) is 0 Å². The fourth-order valence-corrected chi connectivity index (χ4v) is 4.09. The van der Waals surface area contributed by atoms with Gasteiger partial charge in [-0.15, -0.1) is 10.2 Å². The lowest BCUT2D eigenvalue weighted by atomic mass is 9.84. The van der Waals surface area contributed by atoms with Gasteiger partial charge < -0.3 is 4.74 Å². The highest BCUT2D eigenvalue weighted by molar-refractivity contribution is 7.99. The highest BCUT2D eigenvalue weighted by Crippen LogP contribution is 2.37. The van der Waals surface area contributed by atoms with Crippen LogP contribution in [0.5, 0.6) is 0 Å². The zero-order valence-electron chi connectivity index (χ0n) is 10.7. The van der Waals surface area contributed by atoms with Crippen molar-refractivity contribution in [2.75, 3.05) is 24.7 Å². The van der Waals surface area contributed by atoms with Crippen LogP contribution in [0, 0.1) is 5.41 Å². The second-order valence-electron chi connectivity index (χ2n) is 4.97. The molecule has 0 N–H and O–H groups in total. The predicted octanol–water partition coefficient (Wildman–Crippen LogP) is 2.55. The molecule has 1 fully saturated rings. The van der Waals surface area contributed by atoms with E-state index >= 15 is 0 Å². The normalized spacial score (nSPS) is 18.8. The van der Waals surface area contributed by atoms with Crippen LogP contribution in [-0.2, 0) is 4.74 Å². The van der Waals surface area contributed by atoms with Crippen LogP contribution in [-0.4, -0.2) is 39.3 Å². The van der Waals surface area contributed by atoms with Crippen LogP contribution < -0.4 is 0 Å². The summed E-state index contributed by atoms with van der Waals surface area (Å²) in [6.45, 7) is 1.70.